The van der Waals surface area contributed by atoms with Crippen molar-refractivity contribution in [3.63, 3.8) is 0 Å². The van der Waals surface area contributed by atoms with Crippen molar-refractivity contribution in [1.82, 2.24) is 10.3 Å². The molecule has 3 nitrogen and oxygen atoms in total. The predicted molar refractivity (Wildman–Crippen MR) is 107 cm³/mol. The number of hydrogen-bond acceptors (Lipinski definition) is 3. The molecule has 0 radical (unpaired) electrons. The molecule has 1 aliphatic carbocycles. The van der Waals surface area contributed by atoms with Crippen molar-refractivity contribution in [2.24, 2.45) is 0 Å². The SMILES string of the molecule is O=C(CSc1c2c(nc3ccccc13)CCCC2)NCc1ccc(F)cc1. The molecule has 4 rings (SSSR count). The maximum atomic E-state index is 13.0. The molecule has 3 aromatic rings. The summed E-state index contributed by atoms with van der Waals surface area (Å²) in [5, 5.41) is 4.05. The smallest absolute Gasteiger partial charge is 0.230 e. The van der Waals surface area contributed by atoms with Crippen LogP contribution in [0.4, 0.5) is 4.39 Å². The molecule has 1 amide bonds. The van der Waals surface area contributed by atoms with E-state index >= 15 is 0 Å². The first-order chi connectivity index (χ1) is 13.2. The minimum Gasteiger partial charge on any atom is -0.351 e. The van der Waals surface area contributed by atoms with E-state index in [9.17, 15) is 9.18 Å². The van der Waals surface area contributed by atoms with Gasteiger partial charge in [-0.2, -0.15) is 0 Å². The van der Waals surface area contributed by atoms with Gasteiger partial charge in [-0.1, -0.05) is 30.3 Å². The van der Waals surface area contributed by atoms with Crippen molar-refractivity contribution in [2.75, 3.05) is 5.75 Å². The van der Waals surface area contributed by atoms with Gasteiger partial charge in [-0.15, -0.1) is 11.8 Å². The van der Waals surface area contributed by atoms with Crippen LogP contribution >= 0.6 is 11.8 Å². The number of benzene rings is 2. The molecule has 0 saturated carbocycles. The molecule has 0 fully saturated rings. The van der Waals surface area contributed by atoms with Gasteiger partial charge in [0.2, 0.25) is 5.91 Å². The summed E-state index contributed by atoms with van der Waals surface area (Å²) in [6, 6.07) is 14.4. The Morgan fingerprint density at radius 3 is 2.70 bits per heavy atom. The second-order valence-electron chi connectivity index (χ2n) is 6.78. The molecular weight excluding hydrogens is 359 g/mol. The summed E-state index contributed by atoms with van der Waals surface area (Å²) in [7, 11) is 0. The molecule has 2 aromatic carbocycles. The number of carbonyl (C=O) groups is 1. The maximum absolute atomic E-state index is 13.0. The van der Waals surface area contributed by atoms with Gasteiger partial charge in [0.25, 0.3) is 0 Å². The lowest BCUT2D eigenvalue weighted by molar-refractivity contribution is -0.118. The molecule has 0 unspecified atom stereocenters. The van der Waals surface area contributed by atoms with Gasteiger partial charge in [0.05, 0.1) is 11.3 Å². The van der Waals surface area contributed by atoms with Crippen LogP contribution in [-0.2, 0) is 24.2 Å². The van der Waals surface area contributed by atoms with E-state index in [0.29, 0.717) is 12.3 Å². The van der Waals surface area contributed by atoms with E-state index in [1.54, 1.807) is 23.9 Å². The fourth-order valence-electron chi connectivity index (χ4n) is 3.48. The Bertz CT molecular complexity index is 972. The molecule has 1 heterocycles. The quantitative estimate of drug-likeness (QED) is 0.655. The second kappa shape index (κ2) is 8.09. The van der Waals surface area contributed by atoms with Crippen LogP contribution in [0, 0.1) is 5.82 Å². The average Bonchev–Trinajstić information content (AvgIpc) is 2.70. The van der Waals surface area contributed by atoms with Crippen LogP contribution in [0.5, 0.6) is 0 Å². The van der Waals surface area contributed by atoms with Crippen LogP contribution in [-0.4, -0.2) is 16.6 Å². The van der Waals surface area contributed by atoms with E-state index < -0.39 is 0 Å². The summed E-state index contributed by atoms with van der Waals surface area (Å²) in [6.07, 6.45) is 4.41. The van der Waals surface area contributed by atoms with Gasteiger partial charge in [0.1, 0.15) is 5.82 Å². The van der Waals surface area contributed by atoms with E-state index in [1.807, 2.05) is 18.2 Å². The number of aromatic nitrogens is 1. The van der Waals surface area contributed by atoms with Crippen molar-refractivity contribution in [3.05, 3.63) is 71.2 Å². The third-order valence-corrected chi connectivity index (χ3v) is 6.03. The number of rotatable bonds is 5. The number of amides is 1. The third kappa shape index (κ3) is 4.14. The topological polar surface area (TPSA) is 42.0 Å². The lowest BCUT2D eigenvalue weighted by atomic mass is 9.94. The molecule has 138 valence electrons. The molecular formula is C22H21FN2OS. The lowest BCUT2D eigenvalue weighted by Gasteiger charge is -2.20. The molecule has 0 aliphatic heterocycles. The van der Waals surface area contributed by atoms with E-state index in [2.05, 4.69) is 11.4 Å². The van der Waals surface area contributed by atoms with Crippen LogP contribution < -0.4 is 5.32 Å². The van der Waals surface area contributed by atoms with Crippen molar-refractivity contribution in [1.29, 1.82) is 0 Å². The zero-order valence-corrected chi connectivity index (χ0v) is 15.8. The minimum atomic E-state index is -0.269. The summed E-state index contributed by atoms with van der Waals surface area (Å²) in [4.78, 5) is 18.4. The highest BCUT2D eigenvalue weighted by Crippen LogP contribution is 2.35. The zero-order chi connectivity index (χ0) is 18.6. The fraction of sp³-hybridized carbons (Fsp3) is 0.273. The molecule has 0 spiro atoms. The van der Waals surface area contributed by atoms with Gasteiger partial charge in [-0.05, 0) is 55.0 Å². The van der Waals surface area contributed by atoms with Gasteiger partial charge >= 0.3 is 0 Å². The standard InChI is InChI=1S/C22H21FN2OS/c23-16-11-9-15(10-12-16)13-24-21(26)14-27-22-17-5-1-3-7-19(17)25-20-8-4-2-6-18(20)22/h1,3,5,7,9-12H,2,4,6,8,13-14H2,(H,24,26). The first-order valence-corrected chi connectivity index (χ1v) is 10.2. The molecule has 27 heavy (non-hydrogen) atoms. The highest BCUT2D eigenvalue weighted by atomic mass is 32.2. The van der Waals surface area contributed by atoms with E-state index in [1.165, 1.54) is 41.1 Å². The van der Waals surface area contributed by atoms with Crippen molar-refractivity contribution in [3.8, 4) is 0 Å². The summed E-state index contributed by atoms with van der Waals surface area (Å²) < 4.78 is 13.0. The molecule has 0 atom stereocenters. The van der Waals surface area contributed by atoms with Gasteiger partial charge in [0.15, 0.2) is 0 Å². The fourth-order valence-corrected chi connectivity index (χ4v) is 4.58. The summed E-state index contributed by atoms with van der Waals surface area (Å²) >= 11 is 1.60. The molecule has 1 aliphatic rings. The number of nitrogens with zero attached hydrogens (tertiary/aromatic N) is 1. The van der Waals surface area contributed by atoms with Crippen LogP contribution in [0.25, 0.3) is 10.9 Å². The van der Waals surface area contributed by atoms with E-state index in [0.717, 1.165) is 29.3 Å². The number of para-hydroxylation sites is 1. The summed E-state index contributed by atoms with van der Waals surface area (Å²) in [5.41, 5.74) is 4.40. The largest absolute Gasteiger partial charge is 0.351 e. The number of pyridine rings is 1. The Hall–Kier alpha value is -2.40. The van der Waals surface area contributed by atoms with Crippen LogP contribution in [0.1, 0.15) is 29.7 Å². The molecule has 1 aromatic heterocycles. The Labute approximate surface area is 162 Å². The zero-order valence-electron chi connectivity index (χ0n) is 15.0. The number of nitrogens with one attached hydrogen (secondary N) is 1. The van der Waals surface area contributed by atoms with E-state index in [-0.39, 0.29) is 11.7 Å². The van der Waals surface area contributed by atoms with Crippen molar-refractivity contribution < 1.29 is 9.18 Å². The number of aryl methyl sites for hydroxylation is 1. The summed E-state index contributed by atoms with van der Waals surface area (Å²) in [6.45, 7) is 0.412. The van der Waals surface area contributed by atoms with Gasteiger partial charge in [-0.3, -0.25) is 9.78 Å². The summed E-state index contributed by atoms with van der Waals surface area (Å²) in [5.74, 6) is 0.0755. The Balaban J connectivity index is 1.48. The van der Waals surface area contributed by atoms with Gasteiger partial charge in [0, 0.05) is 22.5 Å². The number of hydrogen-bond donors (Lipinski definition) is 1. The molecule has 1 N–H and O–H groups in total. The third-order valence-electron chi connectivity index (χ3n) is 4.87. The number of fused-ring (bicyclic) bond motifs is 2. The van der Waals surface area contributed by atoms with Crippen molar-refractivity contribution >= 4 is 28.6 Å². The number of carbonyl (C=O) groups excluding carboxylic acids is 1. The van der Waals surface area contributed by atoms with Crippen LogP contribution in [0.2, 0.25) is 0 Å². The normalized spacial score (nSPS) is 13.4. The highest BCUT2D eigenvalue weighted by molar-refractivity contribution is 8.00. The van der Waals surface area contributed by atoms with Gasteiger partial charge < -0.3 is 5.32 Å². The highest BCUT2D eigenvalue weighted by Gasteiger charge is 2.19. The van der Waals surface area contributed by atoms with Gasteiger partial charge in [-0.25, -0.2) is 4.39 Å². The Morgan fingerprint density at radius 2 is 1.85 bits per heavy atom. The molecule has 5 heteroatoms. The Kier molecular flexibility index (Phi) is 5.39. The van der Waals surface area contributed by atoms with E-state index in [4.69, 9.17) is 4.98 Å². The second-order valence-corrected chi connectivity index (χ2v) is 7.77. The predicted octanol–water partition coefficient (Wildman–Crippen LogP) is 4.66. The first kappa shape index (κ1) is 18.0. The van der Waals surface area contributed by atoms with Crippen LogP contribution in [0.15, 0.2) is 53.4 Å². The minimum absolute atomic E-state index is 0.0187. The molecule has 0 saturated heterocycles. The number of halogens is 1. The first-order valence-electron chi connectivity index (χ1n) is 9.25. The maximum Gasteiger partial charge on any atom is 0.230 e. The monoisotopic (exact) mass is 380 g/mol. The Morgan fingerprint density at radius 1 is 1.07 bits per heavy atom. The van der Waals surface area contributed by atoms with Crippen LogP contribution in [0.3, 0.4) is 0 Å². The number of thioether (sulfide) groups is 1. The molecule has 0 bridgehead atoms. The lowest BCUT2D eigenvalue weighted by Crippen LogP contribution is -2.24. The van der Waals surface area contributed by atoms with Crippen molar-refractivity contribution in [2.45, 2.75) is 37.1 Å². The average molecular weight is 380 g/mol.